The molecule has 7 heteroatoms. The van der Waals surface area contributed by atoms with Gasteiger partial charge in [-0.15, -0.1) is 0 Å². The molecule has 0 saturated heterocycles. The number of hydrazine groups is 1. The molecule has 1 aromatic heterocycles. The summed E-state index contributed by atoms with van der Waals surface area (Å²) < 4.78 is 4.73. The van der Waals surface area contributed by atoms with E-state index in [1.807, 2.05) is 0 Å². The van der Waals surface area contributed by atoms with Crippen molar-refractivity contribution in [1.82, 2.24) is 9.97 Å². The summed E-state index contributed by atoms with van der Waals surface area (Å²) >= 11 is 0. The quantitative estimate of drug-likeness (QED) is 0.340. The Labute approximate surface area is 80.4 Å². The van der Waals surface area contributed by atoms with Crippen LogP contribution >= 0.6 is 0 Å². The molecule has 0 fully saturated rings. The Morgan fingerprint density at radius 1 is 1.71 bits per heavy atom. The van der Waals surface area contributed by atoms with E-state index in [1.165, 1.54) is 6.20 Å². The molecule has 1 rings (SSSR count). The number of hydrogen-bond donors (Lipinski definition) is 3. The predicted molar refractivity (Wildman–Crippen MR) is 50.2 cm³/mol. The number of esters is 1. The van der Waals surface area contributed by atoms with Gasteiger partial charge in [-0.05, 0) is 6.92 Å². The van der Waals surface area contributed by atoms with Crippen molar-refractivity contribution in [2.75, 3.05) is 17.8 Å². The molecular weight excluding hydrogens is 186 g/mol. The summed E-state index contributed by atoms with van der Waals surface area (Å²) in [4.78, 5) is 18.7. The molecule has 0 aliphatic rings. The average molecular weight is 197 g/mol. The zero-order chi connectivity index (χ0) is 10.6. The van der Waals surface area contributed by atoms with Crippen LogP contribution in [0.25, 0.3) is 0 Å². The minimum absolute atomic E-state index is 0.0337. The molecule has 7 nitrogen and oxygen atoms in total. The Morgan fingerprint density at radius 2 is 2.43 bits per heavy atom. The molecule has 0 spiro atoms. The number of nitrogens with one attached hydrogen (secondary N) is 1. The maximum atomic E-state index is 11.2. The molecule has 0 atom stereocenters. The van der Waals surface area contributed by atoms with Crippen LogP contribution in [0.4, 0.5) is 11.8 Å². The molecular formula is C7H11N5O2. The van der Waals surface area contributed by atoms with E-state index in [4.69, 9.17) is 16.3 Å². The number of ether oxygens (including phenoxy) is 1. The second kappa shape index (κ2) is 4.38. The highest BCUT2D eigenvalue weighted by Crippen LogP contribution is 2.10. The van der Waals surface area contributed by atoms with Crippen LogP contribution in [0, 0.1) is 0 Å². The lowest BCUT2D eigenvalue weighted by molar-refractivity contribution is 0.0527. The summed E-state index contributed by atoms with van der Waals surface area (Å²) in [6.07, 6.45) is 1.26. The van der Waals surface area contributed by atoms with Crippen LogP contribution in [0.1, 0.15) is 17.3 Å². The molecule has 5 N–H and O–H groups in total. The molecule has 76 valence electrons. The minimum atomic E-state index is -0.548. The number of anilines is 2. The van der Waals surface area contributed by atoms with E-state index in [-0.39, 0.29) is 23.9 Å². The number of nitrogen functional groups attached to an aromatic ring is 2. The summed E-state index contributed by atoms with van der Waals surface area (Å²) in [6, 6.07) is 0. The molecule has 0 aliphatic carbocycles. The third-order valence-electron chi connectivity index (χ3n) is 1.44. The largest absolute Gasteiger partial charge is 0.462 e. The topological polar surface area (TPSA) is 116 Å². The van der Waals surface area contributed by atoms with E-state index >= 15 is 0 Å². The van der Waals surface area contributed by atoms with E-state index in [0.717, 1.165) is 0 Å². The normalized spacial score (nSPS) is 9.57. The van der Waals surface area contributed by atoms with Gasteiger partial charge in [0.05, 0.1) is 6.61 Å². The van der Waals surface area contributed by atoms with Crippen LogP contribution in [0.3, 0.4) is 0 Å². The summed E-state index contributed by atoms with van der Waals surface area (Å²) in [5, 5.41) is 0. The van der Waals surface area contributed by atoms with E-state index < -0.39 is 5.97 Å². The highest BCUT2D eigenvalue weighted by atomic mass is 16.5. The van der Waals surface area contributed by atoms with Crippen molar-refractivity contribution in [2.45, 2.75) is 6.92 Å². The van der Waals surface area contributed by atoms with Crippen LogP contribution in [-0.4, -0.2) is 22.5 Å². The first-order valence-corrected chi connectivity index (χ1v) is 3.95. The van der Waals surface area contributed by atoms with Crippen molar-refractivity contribution in [3.05, 3.63) is 11.8 Å². The van der Waals surface area contributed by atoms with Gasteiger partial charge in [-0.2, -0.15) is 4.98 Å². The van der Waals surface area contributed by atoms with E-state index in [2.05, 4.69) is 15.4 Å². The number of nitrogens with two attached hydrogens (primary N) is 2. The lowest BCUT2D eigenvalue weighted by Crippen LogP contribution is -2.15. The van der Waals surface area contributed by atoms with E-state index in [9.17, 15) is 4.79 Å². The van der Waals surface area contributed by atoms with Crippen molar-refractivity contribution in [2.24, 2.45) is 5.84 Å². The maximum Gasteiger partial charge on any atom is 0.343 e. The summed E-state index contributed by atoms with van der Waals surface area (Å²) in [5.41, 5.74) is 7.82. The third-order valence-corrected chi connectivity index (χ3v) is 1.44. The monoisotopic (exact) mass is 197 g/mol. The number of hydrogen-bond acceptors (Lipinski definition) is 7. The fourth-order valence-electron chi connectivity index (χ4n) is 0.831. The first-order chi connectivity index (χ1) is 6.69. The Morgan fingerprint density at radius 3 is 2.93 bits per heavy atom. The molecule has 14 heavy (non-hydrogen) atoms. The molecule has 1 heterocycles. The zero-order valence-electron chi connectivity index (χ0n) is 7.65. The molecule has 0 saturated carbocycles. The van der Waals surface area contributed by atoms with Gasteiger partial charge in [-0.3, -0.25) is 5.43 Å². The van der Waals surface area contributed by atoms with Gasteiger partial charge in [0.2, 0.25) is 5.95 Å². The SMILES string of the molecule is CCOC(=O)c1cnc(NN)nc1N. The van der Waals surface area contributed by atoms with Gasteiger partial charge in [0.1, 0.15) is 11.4 Å². The first-order valence-electron chi connectivity index (χ1n) is 3.95. The van der Waals surface area contributed by atoms with Crippen LogP contribution in [0.5, 0.6) is 0 Å². The molecule has 0 radical (unpaired) electrons. The van der Waals surface area contributed by atoms with Gasteiger partial charge in [0.15, 0.2) is 0 Å². The first kappa shape index (κ1) is 10.2. The molecule has 0 aliphatic heterocycles. The second-order valence-corrected chi connectivity index (χ2v) is 2.36. The number of carbonyl (C=O) groups excluding carboxylic acids is 1. The van der Waals surface area contributed by atoms with Crippen molar-refractivity contribution < 1.29 is 9.53 Å². The van der Waals surface area contributed by atoms with Crippen molar-refractivity contribution >= 4 is 17.7 Å². The molecule has 0 amide bonds. The van der Waals surface area contributed by atoms with Crippen molar-refractivity contribution in [1.29, 1.82) is 0 Å². The standard InChI is InChI=1S/C7H11N5O2/c1-2-14-6(13)4-3-10-7(12-9)11-5(4)8/h3H,2,9H2,1H3,(H3,8,10,11,12). The van der Waals surface area contributed by atoms with Gasteiger partial charge >= 0.3 is 5.97 Å². The molecule has 1 aromatic rings. The van der Waals surface area contributed by atoms with Gasteiger partial charge in [0, 0.05) is 6.20 Å². The summed E-state index contributed by atoms with van der Waals surface area (Å²) in [5.74, 6) is 4.69. The number of aromatic nitrogens is 2. The molecule has 0 bridgehead atoms. The van der Waals surface area contributed by atoms with Crippen LogP contribution in [0.15, 0.2) is 6.20 Å². The molecule has 0 aromatic carbocycles. The lowest BCUT2D eigenvalue weighted by atomic mass is 10.3. The van der Waals surface area contributed by atoms with Crippen LogP contribution in [-0.2, 0) is 4.74 Å². The maximum absolute atomic E-state index is 11.2. The predicted octanol–water partition coefficient (Wildman–Crippen LogP) is -0.479. The highest BCUT2D eigenvalue weighted by molar-refractivity contribution is 5.93. The Hall–Kier alpha value is -1.89. The number of rotatable bonds is 3. The number of carbonyl (C=O) groups is 1. The Kier molecular flexibility index (Phi) is 3.19. The average Bonchev–Trinajstić information content (AvgIpc) is 2.17. The van der Waals surface area contributed by atoms with Crippen molar-refractivity contribution in [3.63, 3.8) is 0 Å². The van der Waals surface area contributed by atoms with Gasteiger partial charge in [-0.1, -0.05) is 0 Å². The fraction of sp³-hybridized carbons (Fsp3) is 0.286. The van der Waals surface area contributed by atoms with Gasteiger partial charge in [0.25, 0.3) is 0 Å². The van der Waals surface area contributed by atoms with E-state index in [0.29, 0.717) is 0 Å². The minimum Gasteiger partial charge on any atom is -0.462 e. The Bertz CT molecular complexity index is 341. The van der Waals surface area contributed by atoms with E-state index in [1.54, 1.807) is 6.92 Å². The second-order valence-electron chi connectivity index (χ2n) is 2.36. The van der Waals surface area contributed by atoms with Crippen molar-refractivity contribution in [3.8, 4) is 0 Å². The summed E-state index contributed by atoms with van der Waals surface area (Å²) in [6.45, 7) is 1.97. The highest BCUT2D eigenvalue weighted by Gasteiger charge is 2.12. The summed E-state index contributed by atoms with van der Waals surface area (Å²) in [7, 11) is 0. The smallest absolute Gasteiger partial charge is 0.343 e. The lowest BCUT2D eigenvalue weighted by Gasteiger charge is -2.04. The number of nitrogens with zero attached hydrogens (tertiary/aromatic N) is 2. The molecule has 0 unspecified atom stereocenters. The van der Waals surface area contributed by atoms with Crippen LogP contribution in [0.2, 0.25) is 0 Å². The zero-order valence-corrected chi connectivity index (χ0v) is 7.65. The fourth-order valence-corrected chi connectivity index (χ4v) is 0.831. The Balaban J connectivity index is 2.94. The third kappa shape index (κ3) is 2.07. The van der Waals surface area contributed by atoms with Gasteiger partial charge < -0.3 is 10.5 Å². The van der Waals surface area contributed by atoms with Gasteiger partial charge in [-0.25, -0.2) is 15.6 Å². The van der Waals surface area contributed by atoms with Crippen LogP contribution < -0.4 is 17.0 Å².